The van der Waals surface area contributed by atoms with Crippen LogP contribution >= 0.6 is 11.6 Å². The largest absolute Gasteiger partial charge is 0.493 e. The number of rotatable bonds is 8. The van der Waals surface area contributed by atoms with E-state index >= 15 is 0 Å². The van der Waals surface area contributed by atoms with Crippen molar-refractivity contribution < 1.29 is 9.53 Å². The number of ether oxygens (including phenoxy) is 1. The molecule has 0 atom stereocenters. The van der Waals surface area contributed by atoms with Crippen molar-refractivity contribution in [1.29, 1.82) is 0 Å². The van der Waals surface area contributed by atoms with Gasteiger partial charge in [0.25, 0.3) is 0 Å². The minimum Gasteiger partial charge on any atom is -0.493 e. The van der Waals surface area contributed by atoms with E-state index in [4.69, 9.17) is 16.3 Å². The zero-order chi connectivity index (χ0) is 14.7. The lowest BCUT2D eigenvalue weighted by atomic mass is 10.2. The Bertz CT molecular complexity index is 513. The van der Waals surface area contributed by atoms with E-state index in [1.54, 1.807) is 0 Å². The molecule has 2 N–H and O–H groups in total. The molecule has 0 spiro atoms. The summed E-state index contributed by atoms with van der Waals surface area (Å²) in [7, 11) is 0. The van der Waals surface area contributed by atoms with Gasteiger partial charge in [0, 0.05) is 29.2 Å². The van der Waals surface area contributed by atoms with Crippen molar-refractivity contribution in [2.75, 3.05) is 6.61 Å². The monoisotopic (exact) mass is 308 g/mol. The van der Waals surface area contributed by atoms with E-state index in [0.29, 0.717) is 36.7 Å². The molecule has 5 heteroatoms. The van der Waals surface area contributed by atoms with Crippen LogP contribution in [0.1, 0.15) is 37.7 Å². The highest BCUT2D eigenvalue weighted by atomic mass is 35.5. The van der Waals surface area contributed by atoms with Gasteiger partial charge in [0.2, 0.25) is 5.91 Å². The van der Waals surface area contributed by atoms with Gasteiger partial charge in [0.05, 0.1) is 13.0 Å². The van der Waals surface area contributed by atoms with Gasteiger partial charge in [-0.05, 0) is 37.8 Å². The Kier molecular flexibility index (Phi) is 4.66. The first-order valence-electron chi connectivity index (χ1n) is 7.65. The molecule has 0 heterocycles. The lowest BCUT2D eigenvalue weighted by molar-refractivity contribution is -0.121. The van der Waals surface area contributed by atoms with Crippen LogP contribution in [-0.2, 0) is 11.3 Å². The summed E-state index contributed by atoms with van der Waals surface area (Å²) in [5.74, 6) is 0.840. The summed E-state index contributed by atoms with van der Waals surface area (Å²) in [6.45, 7) is 1.10. The van der Waals surface area contributed by atoms with Crippen LogP contribution in [0.15, 0.2) is 18.2 Å². The Morgan fingerprint density at radius 1 is 1.24 bits per heavy atom. The molecule has 1 aromatic carbocycles. The molecule has 0 bridgehead atoms. The number of carbonyl (C=O) groups is 1. The molecule has 0 aliphatic heterocycles. The molecule has 0 radical (unpaired) electrons. The van der Waals surface area contributed by atoms with Crippen molar-refractivity contribution in [2.45, 2.75) is 50.7 Å². The van der Waals surface area contributed by atoms with E-state index in [1.165, 1.54) is 12.8 Å². The summed E-state index contributed by atoms with van der Waals surface area (Å²) >= 11 is 6.25. The molecule has 4 nitrogen and oxygen atoms in total. The molecule has 2 saturated carbocycles. The highest BCUT2D eigenvalue weighted by Gasteiger charge is 2.23. The molecule has 1 aromatic rings. The number of carbonyl (C=O) groups excluding carboxylic acids is 1. The van der Waals surface area contributed by atoms with E-state index in [9.17, 15) is 4.79 Å². The molecule has 2 fully saturated rings. The summed E-state index contributed by atoms with van der Waals surface area (Å²) in [4.78, 5) is 11.6. The van der Waals surface area contributed by atoms with Gasteiger partial charge in [0.15, 0.2) is 0 Å². The number of nitrogens with one attached hydrogen (secondary N) is 2. The first kappa shape index (κ1) is 14.7. The minimum absolute atomic E-state index is 0.0668. The fourth-order valence-electron chi connectivity index (χ4n) is 2.16. The second-order valence-electron chi connectivity index (χ2n) is 5.81. The number of benzene rings is 1. The predicted octanol–water partition coefficient (Wildman–Crippen LogP) is 2.64. The fourth-order valence-corrected chi connectivity index (χ4v) is 2.39. The summed E-state index contributed by atoms with van der Waals surface area (Å²) in [5.41, 5.74) is 0.980. The molecule has 0 saturated heterocycles. The lowest BCUT2D eigenvalue weighted by Gasteiger charge is -2.13. The first-order valence-corrected chi connectivity index (χ1v) is 8.03. The second kappa shape index (κ2) is 6.67. The first-order chi connectivity index (χ1) is 10.2. The second-order valence-corrected chi connectivity index (χ2v) is 6.22. The van der Waals surface area contributed by atoms with Gasteiger partial charge >= 0.3 is 0 Å². The maximum atomic E-state index is 11.6. The molecule has 21 heavy (non-hydrogen) atoms. The van der Waals surface area contributed by atoms with Crippen LogP contribution in [0.2, 0.25) is 5.02 Å². The Hall–Kier alpha value is -1.26. The molecule has 114 valence electrons. The topological polar surface area (TPSA) is 50.4 Å². The lowest BCUT2D eigenvalue weighted by Crippen LogP contribution is -2.26. The third-order valence-electron chi connectivity index (χ3n) is 3.75. The van der Waals surface area contributed by atoms with Crippen LogP contribution in [-0.4, -0.2) is 24.6 Å². The molecular weight excluding hydrogens is 288 g/mol. The summed E-state index contributed by atoms with van der Waals surface area (Å²) in [6.07, 6.45) is 5.08. The quantitative estimate of drug-likeness (QED) is 0.776. The average Bonchev–Trinajstić information content (AvgIpc) is 3.33. The van der Waals surface area contributed by atoms with Crippen LogP contribution in [0.25, 0.3) is 0 Å². The van der Waals surface area contributed by atoms with Crippen molar-refractivity contribution in [3.8, 4) is 5.75 Å². The van der Waals surface area contributed by atoms with Crippen molar-refractivity contribution in [3.63, 3.8) is 0 Å². The highest BCUT2D eigenvalue weighted by molar-refractivity contribution is 6.31. The van der Waals surface area contributed by atoms with E-state index in [2.05, 4.69) is 10.6 Å². The number of amides is 1. The smallest absolute Gasteiger partial charge is 0.223 e. The molecule has 3 rings (SSSR count). The third kappa shape index (κ3) is 4.61. The fraction of sp³-hybridized carbons (Fsp3) is 0.562. The zero-order valence-electron chi connectivity index (χ0n) is 12.0. The Morgan fingerprint density at radius 3 is 2.71 bits per heavy atom. The van der Waals surface area contributed by atoms with Gasteiger partial charge in [-0.25, -0.2) is 0 Å². The van der Waals surface area contributed by atoms with E-state index in [1.807, 2.05) is 18.2 Å². The van der Waals surface area contributed by atoms with Gasteiger partial charge in [-0.15, -0.1) is 0 Å². The average molecular weight is 309 g/mol. The number of hydrogen-bond donors (Lipinski definition) is 2. The summed E-state index contributed by atoms with van der Waals surface area (Å²) < 4.78 is 5.76. The van der Waals surface area contributed by atoms with Crippen molar-refractivity contribution in [2.24, 2.45) is 0 Å². The standard InChI is InChI=1S/C16H21ClN2O2/c17-14-2-1-3-15(13(14)10-18-11-4-5-11)21-9-8-16(20)19-12-6-7-12/h1-3,11-12,18H,4-10H2,(H,19,20). The number of halogens is 1. The Balaban J connectivity index is 1.50. The summed E-state index contributed by atoms with van der Waals surface area (Å²) in [5, 5.41) is 7.11. The molecule has 2 aliphatic rings. The molecule has 0 unspecified atom stereocenters. The van der Waals surface area contributed by atoms with Gasteiger partial charge in [-0.3, -0.25) is 4.79 Å². The third-order valence-corrected chi connectivity index (χ3v) is 4.10. The van der Waals surface area contributed by atoms with Crippen molar-refractivity contribution in [3.05, 3.63) is 28.8 Å². The Morgan fingerprint density at radius 2 is 2.00 bits per heavy atom. The molecule has 1 amide bonds. The molecule has 0 aromatic heterocycles. The van der Waals surface area contributed by atoms with E-state index in [0.717, 1.165) is 24.2 Å². The maximum absolute atomic E-state index is 11.6. The normalized spacial score (nSPS) is 17.6. The highest BCUT2D eigenvalue weighted by Crippen LogP contribution is 2.28. The van der Waals surface area contributed by atoms with Crippen molar-refractivity contribution in [1.82, 2.24) is 10.6 Å². The van der Waals surface area contributed by atoms with Crippen LogP contribution in [0.5, 0.6) is 5.75 Å². The van der Waals surface area contributed by atoms with Gasteiger partial charge in [0.1, 0.15) is 5.75 Å². The van der Waals surface area contributed by atoms with Crippen LogP contribution in [0, 0.1) is 0 Å². The van der Waals surface area contributed by atoms with Gasteiger partial charge in [-0.2, -0.15) is 0 Å². The minimum atomic E-state index is 0.0668. The summed E-state index contributed by atoms with van der Waals surface area (Å²) in [6, 6.07) is 6.69. The van der Waals surface area contributed by atoms with Gasteiger partial charge < -0.3 is 15.4 Å². The zero-order valence-corrected chi connectivity index (χ0v) is 12.8. The molecular formula is C16H21ClN2O2. The van der Waals surface area contributed by atoms with Crippen molar-refractivity contribution >= 4 is 17.5 Å². The molecule has 2 aliphatic carbocycles. The Labute approximate surface area is 130 Å². The van der Waals surface area contributed by atoms with Crippen LogP contribution in [0.3, 0.4) is 0 Å². The van der Waals surface area contributed by atoms with Crippen LogP contribution in [0.4, 0.5) is 0 Å². The van der Waals surface area contributed by atoms with Crippen LogP contribution < -0.4 is 15.4 Å². The van der Waals surface area contributed by atoms with E-state index in [-0.39, 0.29) is 5.91 Å². The maximum Gasteiger partial charge on any atom is 0.223 e. The SMILES string of the molecule is O=C(CCOc1cccc(Cl)c1CNC1CC1)NC1CC1. The van der Waals surface area contributed by atoms with E-state index < -0.39 is 0 Å². The predicted molar refractivity (Wildman–Crippen MR) is 82.6 cm³/mol. The van der Waals surface area contributed by atoms with Gasteiger partial charge in [-0.1, -0.05) is 17.7 Å². The number of hydrogen-bond acceptors (Lipinski definition) is 3.